The summed E-state index contributed by atoms with van der Waals surface area (Å²) >= 11 is 0. The largest absolute Gasteiger partial charge is 0.689 e. The third-order valence-corrected chi connectivity index (χ3v) is 17.8. The normalized spacial score (nSPS) is 13.5. The molecule has 0 aliphatic carbocycles. The minimum absolute atomic E-state index is 0. The Hall–Kier alpha value is 2.23. The number of rotatable bonds is 6. The summed E-state index contributed by atoms with van der Waals surface area (Å²) in [6.45, 7) is 42.8. The topological polar surface area (TPSA) is 42.3 Å². The van der Waals surface area contributed by atoms with Gasteiger partial charge in [0.15, 0.2) is 0 Å². The zero-order valence-electron chi connectivity index (χ0n) is 22.5. The molecule has 28 heavy (non-hydrogen) atoms. The molecule has 0 aliphatic rings. The second kappa shape index (κ2) is 13.7. The van der Waals surface area contributed by atoms with Crippen LogP contribution in [0.25, 0.3) is 13.9 Å². The first-order valence-electron chi connectivity index (χ1n) is 10.2. The molecule has 0 rings (SSSR count). The molecule has 0 unspecified atom stereocenters. The van der Waals surface area contributed by atoms with Crippen LogP contribution in [0.3, 0.4) is 0 Å². The third-order valence-electron chi connectivity index (χ3n) is 1.98. The average Bonchev–Trinajstić information content (AvgIpc) is 1.96. The zero-order chi connectivity index (χ0) is 23.1. The zero-order valence-corrected chi connectivity index (χ0v) is 32.7. The smallest absolute Gasteiger partial charge is 0 e. The molecule has 0 atom stereocenters. The summed E-state index contributed by atoms with van der Waals surface area (Å²) in [4.78, 5) is 0. The van der Waals surface area contributed by atoms with Gasteiger partial charge in [0.25, 0.3) is 0 Å². The van der Waals surface area contributed by atoms with E-state index >= 15 is 0 Å². The average molecular weight is 718 g/mol. The molecule has 0 aromatic heterocycles. The van der Waals surface area contributed by atoms with Crippen LogP contribution >= 0.6 is 0 Å². The van der Waals surface area contributed by atoms with E-state index in [0.29, 0.717) is 0 Å². The van der Waals surface area contributed by atoms with Gasteiger partial charge in [0, 0.05) is 31.1 Å². The SMILES string of the molecule is C[Si](C)(C)[N-][Si](C)(C)C.C[Si](C)(C)[N-][Si](C)(C)C.[CH2-][Si](C)(C)[N-][Si](C)(C)C.[U]. The molecule has 0 aliphatic heterocycles. The Labute approximate surface area is 210 Å². The molecule has 0 heterocycles. The fourth-order valence-corrected chi connectivity index (χ4v) is 26.3. The Morgan fingerprint density at radius 3 is 0.500 bits per heavy atom. The fourth-order valence-electron chi connectivity index (χ4n) is 2.92. The first-order chi connectivity index (χ1) is 11.1. The van der Waals surface area contributed by atoms with E-state index in [-0.39, 0.29) is 31.1 Å². The summed E-state index contributed by atoms with van der Waals surface area (Å²) in [5.41, 5.74) is 0. The minimum atomic E-state index is -1.36. The second-order valence-electron chi connectivity index (χ2n) is 13.0. The third kappa shape index (κ3) is 51.1. The predicted octanol–water partition coefficient (Wildman–Crippen LogP) is 8.83. The van der Waals surface area contributed by atoms with Crippen LogP contribution in [0.15, 0.2) is 0 Å². The second-order valence-corrected chi connectivity index (χ2v) is 41.0. The summed E-state index contributed by atoms with van der Waals surface area (Å²) in [5.74, 6) is 0. The van der Waals surface area contributed by atoms with Gasteiger partial charge in [0.2, 0.25) is 0 Å². The molecule has 3 nitrogen and oxygen atoms in total. The van der Waals surface area contributed by atoms with E-state index in [4.69, 9.17) is 13.9 Å². The standard InChI is InChI=1S/2C6H18NSi2.C6H17NSi2.U/c3*1-8(2,3)7-9(4,5)6;/h2*1-6H3;1H2,2-6H3;/q2*-1;-2;. The molecule has 0 N–H and O–H groups in total. The predicted molar refractivity (Wildman–Crippen MR) is 150 cm³/mol. The van der Waals surface area contributed by atoms with Gasteiger partial charge in [0.1, 0.15) is 0 Å². The van der Waals surface area contributed by atoms with Crippen LogP contribution in [-0.2, 0) is 0 Å². The van der Waals surface area contributed by atoms with Crippen molar-refractivity contribution in [1.29, 1.82) is 0 Å². The van der Waals surface area contributed by atoms with Gasteiger partial charge in [-0.15, -0.1) is 13.1 Å². The van der Waals surface area contributed by atoms with Crippen molar-refractivity contribution in [3.05, 3.63) is 20.5 Å². The number of hydrogen-bond donors (Lipinski definition) is 0. The molecular formula is C18H53N3Si6U-4. The molecule has 0 aromatic rings. The van der Waals surface area contributed by atoms with Crippen LogP contribution in [0.4, 0.5) is 0 Å². The number of nitrogens with zero attached hydrogens (tertiary/aromatic N) is 3. The monoisotopic (exact) mass is 717 g/mol. The first-order valence-corrected chi connectivity index (χ1v) is 30.6. The molecular weight excluding hydrogens is 665 g/mol. The Morgan fingerprint density at radius 1 is 0.357 bits per heavy atom. The van der Waals surface area contributed by atoms with Crippen LogP contribution < -0.4 is 0 Å². The minimum Gasteiger partial charge on any atom is -0.689 e. The molecule has 0 saturated carbocycles. The Morgan fingerprint density at radius 2 is 0.500 bits per heavy atom. The summed E-state index contributed by atoms with van der Waals surface area (Å²) in [5, 5.41) is 0. The van der Waals surface area contributed by atoms with Crippen LogP contribution in [-0.4, -0.2) is 49.4 Å². The van der Waals surface area contributed by atoms with Crippen molar-refractivity contribution in [1.82, 2.24) is 0 Å². The maximum absolute atomic E-state index is 4.82. The van der Waals surface area contributed by atoms with Gasteiger partial charge in [-0.25, -0.2) is 8.24 Å². The maximum Gasteiger partial charge on any atom is 0 e. The van der Waals surface area contributed by atoms with Crippen molar-refractivity contribution >= 4 is 49.4 Å². The molecule has 0 fully saturated rings. The molecule has 0 saturated heterocycles. The van der Waals surface area contributed by atoms with Gasteiger partial charge in [0.05, 0.1) is 0 Å². The van der Waals surface area contributed by atoms with Gasteiger partial charge >= 0.3 is 0 Å². The maximum atomic E-state index is 4.82. The van der Waals surface area contributed by atoms with E-state index in [1.165, 1.54) is 0 Å². The molecule has 0 aromatic carbocycles. The molecule has 172 valence electrons. The van der Waals surface area contributed by atoms with Gasteiger partial charge in [-0.05, 0) is 0 Å². The molecule has 0 amide bonds. The summed E-state index contributed by atoms with van der Waals surface area (Å²) in [6.07, 6.45) is 0. The van der Waals surface area contributed by atoms with Crippen LogP contribution in [0, 0.1) is 37.7 Å². The van der Waals surface area contributed by atoms with Crippen molar-refractivity contribution in [2.24, 2.45) is 0 Å². The van der Waals surface area contributed by atoms with Crippen LogP contribution in [0.2, 0.25) is 111 Å². The first kappa shape index (κ1) is 37.5. The quantitative estimate of drug-likeness (QED) is 0.195. The van der Waals surface area contributed by atoms with Gasteiger partial charge in [-0.3, -0.25) is 0 Å². The van der Waals surface area contributed by atoms with Crippen molar-refractivity contribution in [2.45, 2.75) is 111 Å². The molecule has 0 bridgehead atoms. The van der Waals surface area contributed by atoms with Gasteiger partial charge in [-0.1, -0.05) is 139 Å². The van der Waals surface area contributed by atoms with Gasteiger partial charge in [-0.2, -0.15) is 0 Å². The molecule has 0 spiro atoms. The summed E-state index contributed by atoms with van der Waals surface area (Å²) in [7, 11) is -6.95. The Kier molecular flexibility index (Phi) is 18.4. The van der Waals surface area contributed by atoms with E-state index in [0.717, 1.165) is 0 Å². The van der Waals surface area contributed by atoms with Crippen molar-refractivity contribution in [3.63, 3.8) is 0 Å². The number of hydrogen-bond acceptors (Lipinski definition) is 0. The fraction of sp³-hybridized carbons (Fsp3) is 0.944. The molecule has 0 radical (unpaired) electrons. The van der Waals surface area contributed by atoms with E-state index in [9.17, 15) is 0 Å². The van der Waals surface area contributed by atoms with E-state index in [1.807, 2.05) is 0 Å². The molecule has 10 heteroatoms. The van der Waals surface area contributed by atoms with Crippen LogP contribution in [0.1, 0.15) is 0 Å². The Bertz CT molecular complexity index is 297. The van der Waals surface area contributed by atoms with Crippen molar-refractivity contribution in [3.8, 4) is 0 Å². The van der Waals surface area contributed by atoms with Crippen molar-refractivity contribution in [2.75, 3.05) is 0 Å². The van der Waals surface area contributed by atoms with E-state index in [1.54, 1.807) is 0 Å². The van der Waals surface area contributed by atoms with E-state index in [2.05, 4.69) is 118 Å². The summed E-state index contributed by atoms with van der Waals surface area (Å²) < 4.78 is 14.3. The van der Waals surface area contributed by atoms with Gasteiger partial charge < -0.3 is 20.5 Å². The van der Waals surface area contributed by atoms with E-state index < -0.39 is 49.4 Å². The Balaban J connectivity index is -0.000000152. The van der Waals surface area contributed by atoms with Crippen molar-refractivity contribution < 1.29 is 31.1 Å². The summed E-state index contributed by atoms with van der Waals surface area (Å²) in [6, 6.07) is 0. The van der Waals surface area contributed by atoms with Crippen LogP contribution in [0.5, 0.6) is 0 Å².